The van der Waals surface area contributed by atoms with Gasteiger partial charge in [0.1, 0.15) is 23.6 Å². The van der Waals surface area contributed by atoms with Gasteiger partial charge in [0.05, 0.1) is 11.8 Å². The molecule has 7 heteroatoms. The lowest BCUT2D eigenvalue weighted by Gasteiger charge is -2.16. The van der Waals surface area contributed by atoms with Gasteiger partial charge in [0, 0.05) is 24.5 Å². The number of nitrogens with zero attached hydrogens (tertiary/aromatic N) is 3. The number of hydrogen-bond acceptors (Lipinski definition) is 6. The number of H-pyrrole nitrogens is 1. The lowest BCUT2D eigenvalue weighted by molar-refractivity contribution is 0.237. The molecule has 3 heterocycles. The van der Waals surface area contributed by atoms with Crippen molar-refractivity contribution in [3.63, 3.8) is 0 Å². The number of benzene rings is 1. The molecule has 1 aromatic carbocycles. The fraction of sp³-hybridized carbons (Fsp3) is 0.350. The van der Waals surface area contributed by atoms with Gasteiger partial charge in [0.15, 0.2) is 0 Å². The second-order valence-electron chi connectivity index (χ2n) is 6.79. The molecule has 1 fully saturated rings. The van der Waals surface area contributed by atoms with Crippen molar-refractivity contribution in [1.82, 2.24) is 19.9 Å². The van der Waals surface area contributed by atoms with Crippen LogP contribution in [0.5, 0.6) is 5.75 Å². The highest BCUT2D eigenvalue weighted by Crippen LogP contribution is 2.26. The Bertz CT molecular complexity index is 990. The Morgan fingerprint density at radius 2 is 2.07 bits per heavy atom. The van der Waals surface area contributed by atoms with E-state index in [-0.39, 0.29) is 5.56 Å². The van der Waals surface area contributed by atoms with Crippen molar-refractivity contribution in [3.05, 3.63) is 52.7 Å². The van der Waals surface area contributed by atoms with Crippen LogP contribution in [0, 0.1) is 6.92 Å². The first kappa shape index (κ1) is 17.5. The van der Waals surface area contributed by atoms with E-state index in [1.54, 1.807) is 12.3 Å². The predicted octanol–water partition coefficient (Wildman–Crippen LogP) is 2.84. The zero-order valence-electron chi connectivity index (χ0n) is 15.4. The molecular formula is C20H23N5O2. The lowest BCUT2D eigenvalue weighted by atomic mass is 10.2. The Morgan fingerprint density at radius 1 is 1.22 bits per heavy atom. The molecule has 0 bridgehead atoms. The van der Waals surface area contributed by atoms with Gasteiger partial charge in [-0.15, -0.1) is 0 Å². The topological polar surface area (TPSA) is 83.1 Å². The van der Waals surface area contributed by atoms with Crippen molar-refractivity contribution in [2.24, 2.45) is 0 Å². The number of fused-ring (bicyclic) bond motifs is 1. The van der Waals surface area contributed by atoms with Gasteiger partial charge in [-0.05, 0) is 50.6 Å². The molecule has 0 amide bonds. The fourth-order valence-electron chi connectivity index (χ4n) is 3.37. The van der Waals surface area contributed by atoms with E-state index in [1.807, 2.05) is 25.1 Å². The number of ether oxygens (including phenoxy) is 1. The van der Waals surface area contributed by atoms with E-state index in [2.05, 4.69) is 25.2 Å². The molecule has 140 valence electrons. The summed E-state index contributed by atoms with van der Waals surface area (Å²) >= 11 is 0. The molecule has 0 atom stereocenters. The molecule has 3 aromatic rings. The highest BCUT2D eigenvalue weighted by atomic mass is 16.5. The summed E-state index contributed by atoms with van der Waals surface area (Å²) < 4.78 is 6.01. The van der Waals surface area contributed by atoms with Crippen molar-refractivity contribution in [1.29, 1.82) is 0 Å². The highest BCUT2D eigenvalue weighted by molar-refractivity contribution is 5.89. The van der Waals surface area contributed by atoms with Crippen molar-refractivity contribution < 1.29 is 4.74 Å². The molecule has 0 aliphatic carbocycles. The number of pyridine rings is 1. The van der Waals surface area contributed by atoms with E-state index < -0.39 is 0 Å². The average Bonchev–Trinajstić information content (AvgIpc) is 3.18. The van der Waals surface area contributed by atoms with Crippen LogP contribution in [0.25, 0.3) is 10.9 Å². The SMILES string of the molecule is Cc1ccc(Nc2nccc3nc[nH]c(=O)c23)cc1OCCN1CCCC1. The molecule has 2 aromatic heterocycles. The van der Waals surface area contributed by atoms with Crippen molar-refractivity contribution in [3.8, 4) is 5.75 Å². The lowest BCUT2D eigenvalue weighted by Crippen LogP contribution is -2.25. The number of anilines is 2. The van der Waals surface area contributed by atoms with Crippen LogP contribution >= 0.6 is 0 Å². The minimum Gasteiger partial charge on any atom is -0.492 e. The first-order chi connectivity index (χ1) is 13.2. The molecule has 0 spiro atoms. The quantitative estimate of drug-likeness (QED) is 0.699. The third-order valence-electron chi connectivity index (χ3n) is 4.87. The van der Waals surface area contributed by atoms with E-state index in [0.29, 0.717) is 23.3 Å². The van der Waals surface area contributed by atoms with Crippen LogP contribution in [0.15, 0.2) is 41.6 Å². The maximum atomic E-state index is 12.2. The third kappa shape index (κ3) is 3.93. The summed E-state index contributed by atoms with van der Waals surface area (Å²) in [5.74, 6) is 1.32. The summed E-state index contributed by atoms with van der Waals surface area (Å²) in [5, 5.41) is 3.67. The van der Waals surface area contributed by atoms with Crippen LogP contribution in [0.2, 0.25) is 0 Å². The summed E-state index contributed by atoms with van der Waals surface area (Å²) in [6.45, 7) is 5.97. The van der Waals surface area contributed by atoms with Gasteiger partial charge in [-0.2, -0.15) is 0 Å². The highest BCUT2D eigenvalue weighted by Gasteiger charge is 2.12. The number of rotatable bonds is 6. The van der Waals surface area contributed by atoms with Gasteiger partial charge >= 0.3 is 0 Å². The molecule has 0 saturated carbocycles. The van der Waals surface area contributed by atoms with E-state index in [1.165, 1.54) is 32.3 Å². The number of likely N-dealkylation sites (tertiary alicyclic amines) is 1. The Kier molecular flexibility index (Phi) is 5.02. The van der Waals surface area contributed by atoms with Gasteiger partial charge in [-0.25, -0.2) is 9.97 Å². The smallest absolute Gasteiger partial charge is 0.262 e. The second kappa shape index (κ2) is 7.75. The molecule has 1 aliphatic heterocycles. The first-order valence-corrected chi connectivity index (χ1v) is 9.26. The van der Waals surface area contributed by atoms with E-state index >= 15 is 0 Å². The largest absolute Gasteiger partial charge is 0.492 e. The summed E-state index contributed by atoms with van der Waals surface area (Å²) in [6, 6.07) is 7.62. The summed E-state index contributed by atoms with van der Waals surface area (Å²) in [5.41, 5.74) is 2.28. The number of hydrogen-bond donors (Lipinski definition) is 2. The van der Waals surface area contributed by atoms with Gasteiger partial charge in [-0.1, -0.05) is 6.07 Å². The Balaban J connectivity index is 1.52. The molecule has 1 aliphatic rings. The number of aryl methyl sites for hydroxylation is 1. The Hall–Kier alpha value is -2.93. The first-order valence-electron chi connectivity index (χ1n) is 9.26. The minimum absolute atomic E-state index is 0.218. The van der Waals surface area contributed by atoms with Gasteiger partial charge in [0.25, 0.3) is 5.56 Å². The van der Waals surface area contributed by atoms with Crippen LogP contribution < -0.4 is 15.6 Å². The zero-order valence-corrected chi connectivity index (χ0v) is 15.4. The van der Waals surface area contributed by atoms with Crippen LogP contribution in [-0.2, 0) is 0 Å². The molecule has 7 nitrogen and oxygen atoms in total. The molecule has 1 saturated heterocycles. The second-order valence-corrected chi connectivity index (χ2v) is 6.79. The summed E-state index contributed by atoms with van der Waals surface area (Å²) in [6.07, 6.45) is 5.60. The third-order valence-corrected chi connectivity index (χ3v) is 4.87. The van der Waals surface area contributed by atoms with E-state index in [9.17, 15) is 4.79 Å². The van der Waals surface area contributed by atoms with Crippen molar-refractivity contribution in [2.75, 3.05) is 31.6 Å². The Labute approximate surface area is 157 Å². The molecule has 27 heavy (non-hydrogen) atoms. The van der Waals surface area contributed by atoms with Crippen LogP contribution in [0.3, 0.4) is 0 Å². The monoisotopic (exact) mass is 365 g/mol. The molecular weight excluding hydrogens is 342 g/mol. The van der Waals surface area contributed by atoms with Crippen LogP contribution in [-0.4, -0.2) is 46.1 Å². The van der Waals surface area contributed by atoms with Gasteiger partial charge < -0.3 is 15.0 Å². The van der Waals surface area contributed by atoms with Crippen molar-refractivity contribution >= 4 is 22.4 Å². The molecule has 0 unspecified atom stereocenters. The van der Waals surface area contributed by atoms with E-state index in [0.717, 1.165) is 23.5 Å². The number of nitrogens with one attached hydrogen (secondary N) is 2. The zero-order chi connectivity index (χ0) is 18.6. The summed E-state index contributed by atoms with van der Waals surface area (Å²) in [4.78, 5) is 25.7. The maximum absolute atomic E-state index is 12.2. The summed E-state index contributed by atoms with van der Waals surface area (Å²) in [7, 11) is 0. The van der Waals surface area contributed by atoms with Gasteiger partial charge in [-0.3, -0.25) is 9.69 Å². The number of aromatic amines is 1. The minimum atomic E-state index is -0.218. The Morgan fingerprint density at radius 3 is 2.93 bits per heavy atom. The normalized spacial score (nSPS) is 14.6. The molecule has 4 rings (SSSR count). The van der Waals surface area contributed by atoms with Crippen molar-refractivity contribution in [2.45, 2.75) is 19.8 Å². The molecule has 0 radical (unpaired) electrons. The fourth-order valence-corrected chi connectivity index (χ4v) is 3.37. The van der Waals surface area contributed by atoms with E-state index in [4.69, 9.17) is 4.74 Å². The number of aromatic nitrogens is 3. The van der Waals surface area contributed by atoms with Crippen LogP contribution in [0.1, 0.15) is 18.4 Å². The predicted molar refractivity (Wildman–Crippen MR) is 106 cm³/mol. The van der Waals surface area contributed by atoms with Crippen LogP contribution in [0.4, 0.5) is 11.5 Å². The van der Waals surface area contributed by atoms with Gasteiger partial charge in [0.2, 0.25) is 0 Å². The maximum Gasteiger partial charge on any atom is 0.262 e. The molecule has 2 N–H and O–H groups in total. The average molecular weight is 365 g/mol. The standard InChI is InChI=1S/C20H23N5O2/c1-14-4-5-15(12-17(14)27-11-10-25-8-2-3-9-25)24-19-18-16(6-7-21-19)22-13-23-20(18)26/h4-7,12-13H,2-3,8-11H2,1H3,(H,21,24)(H,22,23,26).